The highest BCUT2D eigenvalue weighted by Gasteiger charge is 2.26. The Hall–Kier alpha value is -3.29. The molecule has 0 bridgehead atoms. The van der Waals surface area contributed by atoms with Gasteiger partial charge in [0.15, 0.2) is 5.82 Å². The second-order valence-electron chi connectivity index (χ2n) is 7.18. The number of nitrogens with one attached hydrogen (secondary N) is 1. The molecule has 0 saturated carbocycles. The minimum absolute atomic E-state index is 0.0111. The zero-order valence-corrected chi connectivity index (χ0v) is 16.1. The first-order chi connectivity index (χ1) is 14.1. The van der Waals surface area contributed by atoms with Crippen LogP contribution >= 0.6 is 0 Å². The molecule has 1 atom stereocenters. The first-order valence-corrected chi connectivity index (χ1v) is 9.62. The van der Waals surface area contributed by atoms with Crippen LogP contribution in [0.15, 0.2) is 47.1 Å². The van der Waals surface area contributed by atoms with E-state index in [1.165, 1.54) is 12.1 Å². The van der Waals surface area contributed by atoms with Crippen molar-refractivity contribution in [2.45, 2.75) is 26.3 Å². The quantitative estimate of drug-likeness (QED) is 0.715. The number of hydrogen-bond donors (Lipinski definition) is 1. The van der Waals surface area contributed by atoms with Crippen molar-refractivity contribution in [2.75, 3.05) is 18.0 Å². The van der Waals surface area contributed by atoms with Crippen LogP contribution in [-0.4, -0.2) is 34.1 Å². The summed E-state index contributed by atoms with van der Waals surface area (Å²) in [5.74, 6) is 1.46. The van der Waals surface area contributed by atoms with Crippen LogP contribution in [0, 0.1) is 18.7 Å². The maximum absolute atomic E-state index is 13.0. The Labute approximate surface area is 168 Å². The topological polar surface area (TPSA) is 84.2 Å². The van der Waals surface area contributed by atoms with E-state index in [2.05, 4.69) is 25.3 Å². The Balaban J connectivity index is 1.36. The number of benzene rings is 1. The largest absolute Gasteiger partial charge is 0.356 e. The van der Waals surface area contributed by atoms with Gasteiger partial charge in [-0.1, -0.05) is 17.3 Å². The van der Waals surface area contributed by atoms with Gasteiger partial charge in [-0.05, 0) is 49.6 Å². The molecule has 0 spiro atoms. The van der Waals surface area contributed by atoms with Crippen LogP contribution in [0.4, 0.5) is 10.2 Å². The lowest BCUT2D eigenvalue weighted by atomic mass is 9.97. The number of nitrogens with zero attached hydrogens (tertiary/aromatic N) is 4. The highest BCUT2D eigenvalue weighted by Crippen LogP contribution is 2.24. The lowest BCUT2D eigenvalue weighted by Gasteiger charge is -2.32. The molecule has 3 heterocycles. The monoisotopic (exact) mass is 395 g/mol. The van der Waals surface area contributed by atoms with Crippen molar-refractivity contribution in [1.29, 1.82) is 0 Å². The molecular formula is C21H22FN5O2. The van der Waals surface area contributed by atoms with Crippen LogP contribution in [0.25, 0.3) is 11.5 Å². The van der Waals surface area contributed by atoms with Gasteiger partial charge in [0.05, 0.1) is 11.5 Å². The van der Waals surface area contributed by atoms with E-state index in [0.717, 1.165) is 36.3 Å². The van der Waals surface area contributed by atoms with E-state index in [-0.39, 0.29) is 17.6 Å². The smallest absolute Gasteiger partial charge is 0.259 e. The number of aryl methyl sites for hydroxylation is 1. The number of carbonyl (C=O) groups excluding carboxylic acids is 1. The van der Waals surface area contributed by atoms with E-state index in [4.69, 9.17) is 4.52 Å². The van der Waals surface area contributed by atoms with Gasteiger partial charge >= 0.3 is 0 Å². The molecule has 1 fully saturated rings. The van der Waals surface area contributed by atoms with E-state index < -0.39 is 0 Å². The third kappa shape index (κ3) is 4.59. The number of anilines is 1. The Morgan fingerprint density at radius 1 is 1.28 bits per heavy atom. The molecular weight excluding hydrogens is 373 g/mol. The highest BCUT2D eigenvalue weighted by atomic mass is 19.1. The van der Waals surface area contributed by atoms with Crippen LogP contribution in [-0.2, 0) is 11.3 Å². The Bertz CT molecular complexity index is 971. The van der Waals surface area contributed by atoms with Gasteiger partial charge in [-0.3, -0.25) is 4.79 Å². The molecule has 8 heteroatoms. The fourth-order valence-corrected chi connectivity index (χ4v) is 3.45. The first-order valence-electron chi connectivity index (χ1n) is 9.62. The van der Waals surface area contributed by atoms with E-state index in [9.17, 15) is 9.18 Å². The molecule has 7 nitrogen and oxygen atoms in total. The summed E-state index contributed by atoms with van der Waals surface area (Å²) in [5, 5.41) is 6.75. The van der Waals surface area contributed by atoms with Crippen molar-refractivity contribution in [2.24, 2.45) is 5.92 Å². The number of carbonyl (C=O) groups is 1. The zero-order chi connectivity index (χ0) is 20.2. The average Bonchev–Trinajstić information content (AvgIpc) is 3.19. The van der Waals surface area contributed by atoms with Crippen LogP contribution in [0.3, 0.4) is 0 Å². The fourth-order valence-electron chi connectivity index (χ4n) is 3.45. The molecule has 2 aromatic heterocycles. The Morgan fingerprint density at radius 2 is 2.10 bits per heavy atom. The number of hydrogen-bond acceptors (Lipinski definition) is 6. The van der Waals surface area contributed by atoms with Crippen molar-refractivity contribution in [3.63, 3.8) is 0 Å². The summed E-state index contributed by atoms with van der Waals surface area (Å²) in [4.78, 5) is 23.4. The van der Waals surface area contributed by atoms with E-state index in [1.54, 1.807) is 25.3 Å². The standard InChI is InChI=1S/C21H22FN5O2/c1-14-25-21(29-26-14)16-6-9-19(23-12-16)27-10-2-3-17(13-27)20(28)24-11-15-4-7-18(22)8-5-15/h4-9,12,17H,2-3,10-11,13H2,1H3,(H,24,28). The van der Waals surface area contributed by atoms with Crippen LogP contribution < -0.4 is 10.2 Å². The second-order valence-corrected chi connectivity index (χ2v) is 7.18. The molecule has 1 aromatic carbocycles. The van der Waals surface area contributed by atoms with Gasteiger partial charge in [0.2, 0.25) is 5.91 Å². The predicted molar refractivity (Wildman–Crippen MR) is 105 cm³/mol. The number of rotatable bonds is 5. The van der Waals surface area contributed by atoms with E-state index in [1.807, 2.05) is 12.1 Å². The van der Waals surface area contributed by atoms with Crippen LogP contribution in [0.1, 0.15) is 24.2 Å². The molecule has 3 aromatic rings. The van der Waals surface area contributed by atoms with E-state index in [0.29, 0.717) is 24.8 Å². The van der Waals surface area contributed by atoms with Crippen molar-refractivity contribution >= 4 is 11.7 Å². The number of piperidine rings is 1. The molecule has 1 unspecified atom stereocenters. The maximum Gasteiger partial charge on any atom is 0.259 e. The van der Waals surface area contributed by atoms with Crippen LogP contribution in [0.5, 0.6) is 0 Å². The Morgan fingerprint density at radius 3 is 2.79 bits per heavy atom. The van der Waals surface area contributed by atoms with Crippen molar-refractivity contribution in [1.82, 2.24) is 20.4 Å². The van der Waals surface area contributed by atoms with Gasteiger partial charge in [-0.25, -0.2) is 9.37 Å². The van der Waals surface area contributed by atoms with Crippen molar-refractivity contribution in [3.05, 3.63) is 59.8 Å². The van der Waals surface area contributed by atoms with Gasteiger partial charge in [0.1, 0.15) is 11.6 Å². The summed E-state index contributed by atoms with van der Waals surface area (Å²) in [6.07, 6.45) is 3.46. The van der Waals surface area contributed by atoms with Crippen molar-refractivity contribution in [3.8, 4) is 11.5 Å². The number of pyridine rings is 1. The predicted octanol–water partition coefficient (Wildman–Crippen LogP) is 3.11. The average molecular weight is 395 g/mol. The molecule has 1 amide bonds. The normalized spacial score (nSPS) is 16.6. The first kappa shape index (κ1) is 19.0. The number of amides is 1. The second kappa shape index (κ2) is 8.38. The lowest BCUT2D eigenvalue weighted by molar-refractivity contribution is -0.125. The summed E-state index contributed by atoms with van der Waals surface area (Å²) >= 11 is 0. The van der Waals surface area contributed by atoms with Crippen molar-refractivity contribution < 1.29 is 13.7 Å². The minimum atomic E-state index is -0.282. The van der Waals surface area contributed by atoms with E-state index >= 15 is 0 Å². The minimum Gasteiger partial charge on any atom is -0.356 e. The molecule has 150 valence electrons. The summed E-state index contributed by atoms with van der Waals surface area (Å²) in [6, 6.07) is 9.96. The molecule has 1 aliphatic heterocycles. The highest BCUT2D eigenvalue weighted by molar-refractivity contribution is 5.79. The number of aromatic nitrogens is 3. The summed E-state index contributed by atoms with van der Waals surface area (Å²) in [6.45, 7) is 3.63. The molecule has 0 radical (unpaired) electrons. The summed E-state index contributed by atoms with van der Waals surface area (Å²) in [7, 11) is 0. The fraction of sp³-hybridized carbons (Fsp3) is 0.333. The summed E-state index contributed by atoms with van der Waals surface area (Å²) in [5.41, 5.74) is 1.64. The Kier molecular flexibility index (Phi) is 5.50. The third-order valence-electron chi connectivity index (χ3n) is 5.02. The van der Waals surface area contributed by atoms with Gasteiger partial charge in [-0.15, -0.1) is 0 Å². The lowest BCUT2D eigenvalue weighted by Crippen LogP contribution is -2.43. The molecule has 29 heavy (non-hydrogen) atoms. The summed E-state index contributed by atoms with van der Waals surface area (Å²) < 4.78 is 18.2. The SMILES string of the molecule is Cc1noc(-c2ccc(N3CCCC(C(=O)NCc4ccc(F)cc4)C3)nc2)n1. The van der Waals surface area contributed by atoms with Crippen LogP contribution in [0.2, 0.25) is 0 Å². The third-order valence-corrected chi connectivity index (χ3v) is 5.02. The molecule has 1 saturated heterocycles. The molecule has 1 aliphatic rings. The maximum atomic E-state index is 13.0. The zero-order valence-electron chi connectivity index (χ0n) is 16.1. The van der Waals surface area contributed by atoms with Gasteiger partial charge in [0, 0.05) is 25.8 Å². The molecule has 4 rings (SSSR count). The molecule has 1 N–H and O–H groups in total. The molecule has 0 aliphatic carbocycles. The van der Waals surface area contributed by atoms with Gasteiger partial charge < -0.3 is 14.7 Å². The van der Waals surface area contributed by atoms with Gasteiger partial charge in [0.25, 0.3) is 5.89 Å². The van der Waals surface area contributed by atoms with Gasteiger partial charge in [-0.2, -0.15) is 4.98 Å². The number of halogens is 1.